The second-order valence-electron chi connectivity index (χ2n) is 7.46. The predicted molar refractivity (Wildman–Crippen MR) is 110 cm³/mol. The van der Waals surface area contributed by atoms with Crippen LogP contribution in [0.1, 0.15) is 46.9 Å². The van der Waals surface area contributed by atoms with Crippen LogP contribution in [0.15, 0.2) is 48.6 Å². The Bertz CT molecular complexity index is 1000. The maximum Gasteiger partial charge on any atom is 0.342 e. The number of phenols is 2. The van der Waals surface area contributed by atoms with E-state index in [2.05, 4.69) is 0 Å². The van der Waals surface area contributed by atoms with Gasteiger partial charge in [0.2, 0.25) is 0 Å². The standard InChI is InChI=1S/C23H21ClO6/c24-22-15-10-14(25)8-4-5-9-18-20(29-18)12-19(13-6-2-1-3-7-13)30-23(28)21(15)16(26)11-17(22)27/h1-4,6-8,11,18-20,26-27H,5,9-10,12H2/t18?,19-,20?/m1/s1. The monoisotopic (exact) mass is 428 g/mol. The largest absolute Gasteiger partial charge is 0.507 e. The first-order valence-electron chi connectivity index (χ1n) is 9.78. The number of fused-ring (bicyclic) bond motifs is 2. The molecule has 156 valence electrons. The number of cyclic esters (lactones) is 1. The van der Waals surface area contributed by atoms with Crippen molar-refractivity contribution in [3.8, 4) is 11.5 Å². The number of esters is 1. The second kappa shape index (κ2) is 8.50. The van der Waals surface area contributed by atoms with Crippen molar-refractivity contribution in [1.82, 2.24) is 0 Å². The SMILES string of the molecule is O=C1C=CCCC2OC2C[C@H](c2ccccc2)OC(=O)c2c(O)cc(O)c(Cl)c2C1. The van der Waals surface area contributed by atoms with Crippen molar-refractivity contribution in [2.24, 2.45) is 0 Å². The van der Waals surface area contributed by atoms with Gasteiger partial charge in [0.15, 0.2) is 5.78 Å². The molecule has 6 nitrogen and oxygen atoms in total. The summed E-state index contributed by atoms with van der Waals surface area (Å²) in [5.74, 6) is -2.02. The van der Waals surface area contributed by atoms with Crippen LogP contribution in [-0.4, -0.2) is 34.2 Å². The van der Waals surface area contributed by atoms with E-state index in [-0.39, 0.29) is 40.6 Å². The number of carbonyl (C=O) groups is 2. The van der Waals surface area contributed by atoms with Crippen molar-refractivity contribution in [3.63, 3.8) is 0 Å². The third-order valence-electron chi connectivity index (χ3n) is 5.35. The topological polar surface area (TPSA) is 96.4 Å². The number of halogens is 1. The third-order valence-corrected chi connectivity index (χ3v) is 5.77. The van der Waals surface area contributed by atoms with Gasteiger partial charge in [-0.15, -0.1) is 0 Å². The van der Waals surface area contributed by atoms with Crippen molar-refractivity contribution in [1.29, 1.82) is 0 Å². The quantitative estimate of drug-likeness (QED) is 0.520. The van der Waals surface area contributed by atoms with Crippen molar-refractivity contribution in [2.45, 2.75) is 44.0 Å². The molecule has 1 fully saturated rings. The Morgan fingerprint density at radius 1 is 1.03 bits per heavy atom. The van der Waals surface area contributed by atoms with E-state index in [1.807, 2.05) is 30.3 Å². The fraction of sp³-hybridized carbons (Fsp3) is 0.304. The Balaban J connectivity index is 1.75. The highest BCUT2D eigenvalue weighted by Gasteiger charge is 2.41. The van der Waals surface area contributed by atoms with Crippen LogP contribution >= 0.6 is 11.6 Å². The molecular formula is C23H21ClO6. The number of rotatable bonds is 1. The minimum absolute atomic E-state index is 0.0400. The van der Waals surface area contributed by atoms with Gasteiger partial charge in [0.1, 0.15) is 23.2 Å². The number of benzene rings is 2. The lowest BCUT2D eigenvalue weighted by Crippen LogP contribution is -2.17. The molecule has 30 heavy (non-hydrogen) atoms. The molecule has 4 rings (SSSR count). The Morgan fingerprint density at radius 2 is 1.80 bits per heavy atom. The van der Waals surface area contributed by atoms with Crippen LogP contribution in [0.25, 0.3) is 0 Å². The van der Waals surface area contributed by atoms with Gasteiger partial charge in [0.05, 0.1) is 17.2 Å². The van der Waals surface area contributed by atoms with Gasteiger partial charge in [0, 0.05) is 24.5 Å². The number of ketones is 1. The number of hydrogen-bond donors (Lipinski definition) is 2. The second-order valence-corrected chi connectivity index (χ2v) is 7.84. The maximum absolute atomic E-state index is 13.1. The number of aromatic hydroxyl groups is 2. The zero-order chi connectivity index (χ0) is 21.3. The average molecular weight is 429 g/mol. The summed E-state index contributed by atoms with van der Waals surface area (Å²) in [4.78, 5) is 25.5. The van der Waals surface area contributed by atoms with Crippen LogP contribution in [0, 0.1) is 0 Å². The number of ether oxygens (including phenoxy) is 2. The number of hydrogen-bond acceptors (Lipinski definition) is 6. The molecule has 0 aliphatic carbocycles. The minimum atomic E-state index is -0.815. The molecule has 0 saturated carbocycles. The molecular weight excluding hydrogens is 408 g/mol. The number of phenolic OH excluding ortho intramolecular Hbond substituents is 2. The van der Waals surface area contributed by atoms with Crippen LogP contribution in [0.2, 0.25) is 5.02 Å². The Morgan fingerprint density at radius 3 is 2.57 bits per heavy atom. The fourth-order valence-electron chi connectivity index (χ4n) is 3.75. The molecule has 2 aliphatic rings. The van der Waals surface area contributed by atoms with E-state index in [0.717, 1.165) is 18.1 Å². The maximum atomic E-state index is 13.1. The van der Waals surface area contributed by atoms with Crippen molar-refractivity contribution in [2.75, 3.05) is 0 Å². The van der Waals surface area contributed by atoms with Crippen LogP contribution in [0.3, 0.4) is 0 Å². The Labute approximate surface area is 178 Å². The lowest BCUT2D eigenvalue weighted by molar-refractivity contribution is -0.114. The molecule has 2 aromatic carbocycles. The summed E-state index contributed by atoms with van der Waals surface area (Å²) < 4.78 is 11.5. The van der Waals surface area contributed by atoms with Crippen LogP contribution in [-0.2, 0) is 20.7 Å². The smallest absolute Gasteiger partial charge is 0.342 e. The van der Waals surface area contributed by atoms with E-state index < -0.39 is 23.6 Å². The molecule has 0 aromatic heterocycles. The molecule has 2 unspecified atom stereocenters. The van der Waals surface area contributed by atoms with Crippen molar-refractivity contribution >= 4 is 23.4 Å². The first kappa shape index (κ1) is 20.4. The number of carbonyl (C=O) groups excluding carboxylic acids is 2. The molecule has 3 atom stereocenters. The van der Waals surface area contributed by atoms with Gasteiger partial charge in [-0.3, -0.25) is 4.79 Å². The van der Waals surface area contributed by atoms with E-state index in [4.69, 9.17) is 21.1 Å². The van der Waals surface area contributed by atoms with E-state index in [1.165, 1.54) is 6.08 Å². The zero-order valence-corrected chi connectivity index (χ0v) is 16.8. The fourth-order valence-corrected chi connectivity index (χ4v) is 3.96. The van der Waals surface area contributed by atoms with Gasteiger partial charge >= 0.3 is 5.97 Å². The molecule has 7 heteroatoms. The van der Waals surface area contributed by atoms with Crippen molar-refractivity contribution in [3.05, 3.63) is 70.3 Å². The summed E-state index contributed by atoms with van der Waals surface area (Å²) in [7, 11) is 0. The molecule has 0 spiro atoms. The molecule has 0 bridgehead atoms. The molecule has 0 amide bonds. The summed E-state index contributed by atoms with van der Waals surface area (Å²) in [6.07, 6.45) is 4.26. The highest BCUT2D eigenvalue weighted by molar-refractivity contribution is 6.33. The molecule has 2 aromatic rings. The van der Waals surface area contributed by atoms with Gasteiger partial charge in [-0.25, -0.2) is 4.79 Å². The van der Waals surface area contributed by atoms with E-state index in [0.29, 0.717) is 12.8 Å². The average Bonchev–Trinajstić information content (AvgIpc) is 3.46. The normalized spacial score (nSPS) is 24.4. The number of epoxide rings is 1. The van der Waals surface area contributed by atoms with E-state index in [1.54, 1.807) is 6.08 Å². The highest BCUT2D eigenvalue weighted by atomic mass is 35.5. The Hall–Kier alpha value is -2.83. The third kappa shape index (κ3) is 4.35. The van der Waals surface area contributed by atoms with Gasteiger partial charge in [-0.1, -0.05) is 48.0 Å². The Kier molecular flexibility index (Phi) is 5.79. The first-order chi connectivity index (χ1) is 14.4. The molecule has 0 radical (unpaired) electrons. The van der Waals surface area contributed by atoms with E-state index >= 15 is 0 Å². The first-order valence-corrected chi connectivity index (χ1v) is 10.2. The van der Waals surface area contributed by atoms with Gasteiger partial charge in [0.25, 0.3) is 0 Å². The zero-order valence-electron chi connectivity index (χ0n) is 16.1. The molecule has 2 aliphatic heterocycles. The van der Waals surface area contributed by atoms with Gasteiger partial charge < -0.3 is 19.7 Å². The predicted octanol–water partition coefficient (Wildman–Crippen LogP) is 4.27. The number of allylic oxidation sites excluding steroid dienone is 2. The van der Waals surface area contributed by atoms with Crippen LogP contribution in [0.4, 0.5) is 0 Å². The van der Waals surface area contributed by atoms with Gasteiger partial charge in [-0.2, -0.15) is 0 Å². The van der Waals surface area contributed by atoms with Crippen molar-refractivity contribution < 1.29 is 29.3 Å². The summed E-state index contributed by atoms with van der Waals surface area (Å²) >= 11 is 6.18. The van der Waals surface area contributed by atoms with E-state index in [9.17, 15) is 19.8 Å². The minimum Gasteiger partial charge on any atom is -0.507 e. The van der Waals surface area contributed by atoms with Crippen LogP contribution in [0.5, 0.6) is 11.5 Å². The van der Waals surface area contributed by atoms with Gasteiger partial charge in [-0.05, 0) is 24.5 Å². The summed E-state index contributed by atoms with van der Waals surface area (Å²) in [5, 5.41) is 20.2. The van der Waals surface area contributed by atoms with Crippen LogP contribution < -0.4 is 0 Å². The molecule has 2 heterocycles. The highest BCUT2D eigenvalue weighted by Crippen LogP contribution is 2.40. The molecule has 2 N–H and O–H groups in total. The molecule has 1 saturated heterocycles. The lowest BCUT2D eigenvalue weighted by Gasteiger charge is -2.20. The summed E-state index contributed by atoms with van der Waals surface area (Å²) in [6.45, 7) is 0. The summed E-state index contributed by atoms with van der Waals surface area (Å²) in [5.41, 5.74) is 0.623. The lowest BCUT2D eigenvalue weighted by atomic mass is 9.98. The summed E-state index contributed by atoms with van der Waals surface area (Å²) in [6, 6.07) is 10.3.